The minimum Gasteiger partial charge on any atom is -0.480 e. The van der Waals surface area contributed by atoms with E-state index in [0.29, 0.717) is 5.69 Å². The Morgan fingerprint density at radius 2 is 1.93 bits per heavy atom. The minimum atomic E-state index is -1.03. The van der Waals surface area contributed by atoms with Gasteiger partial charge in [-0.05, 0) is 36.0 Å². The molecule has 3 aromatic rings. The monoisotopic (exact) mass is 384 g/mol. The molecule has 4 N–H and O–H groups in total. The molecule has 0 aliphatic heterocycles. The lowest BCUT2D eigenvalue weighted by Crippen LogP contribution is -2.44. The number of nitrogens with zero attached hydrogens (tertiary/aromatic N) is 1. The van der Waals surface area contributed by atoms with Crippen LogP contribution < -0.4 is 10.6 Å². The molecule has 27 heavy (non-hydrogen) atoms. The Labute approximate surface area is 159 Å². The van der Waals surface area contributed by atoms with Crippen molar-refractivity contribution in [3.63, 3.8) is 0 Å². The number of carbonyl (C=O) groups is 1. The quantitative estimate of drug-likeness (QED) is 0.293. The Balaban J connectivity index is 1.67. The lowest BCUT2D eigenvalue weighted by Gasteiger charge is -2.17. The van der Waals surface area contributed by atoms with Crippen LogP contribution in [0.4, 0.5) is 11.4 Å². The number of para-hydroxylation sites is 1. The number of rotatable bonds is 6. The number of carboxylic acids is 1. The van der Waals surface area contributed by atoms with E-state index < -0.39 is 16.9 Å². The van der Waals surface area contributed by atoms with Gasteiger partial charge in [-0.15, -0.1) is 0 Å². The first kappa shape index (κ1) is 18.3. The van der Waals surface area contributed by atoms with E-state index in [2.05, 4.69) is 15.6 Å². The number of anilines is 1. The summed E-state index contributed by atoms with van der Waals surface area (Å²) in [4.78, 5) is 24.9. The fourth-order valence-electron chi connectivity index (χ4n) is 2.71. The summed E-state index contributed by atoms with van der Waals surface area (Å²) < 4.78 is 0. The van der Waals surface area contributed by atoms with Gasteiger partial charge in [-0.2, -0.15) is 0 Å². The molecular weight excluding hydrogens is 368 g/mol. The molecule has 9 heteroatoms. The van der Waals surface area contributed by atoms with E-state index in [1.807, 2.05) is 24.3 Å². The van der Waals surface area contributed by atoms with E-state index in [1.54, 1.807) is 6.20 Å². The summed E-state index contributed by atoms with van der Waals surface area (Å²) in [6, 6.07) is 12.4. The van der Waals surface area contributed by atoms with Crippen molar-refractivity contribution in [1.29, 1.82) is 0 Å². The number of aromatic amines is 1. The number of aromatic nitrogens is 1. The van der Waals surface area contributed by atoms with E-state index in [4.69, 9.17) is 12.2 Å². The minimum absolute atomic E-state index is 0.0397. The van der Waals surface area contributed by atoms with Crippen LogP contribution in [0.2, 0.25) is 0 Å². The molecule has 0 fully saturated rings. The zero-order valence-corrected chi connectivity index (χ0v) is 14.8. The summed E-state index contributed by atoms with van der Waals surface area (Å²) in [5.41, 5.74) is 2.28. The van der Waals surface area contributed by atoms with E-state index in [1.165, 1.54) is 24.3 Å². The molecule has 0 spiro atoms. The molecule has 1 aromatic heterocycles. The molecule has 0 aliphatic rings. The highest BCUT2D eigenvalue weighted by atomic mass is 32.1. The smallest absolute Gasteiger partial charge is 0.326 e. The number of aliphatic carboxylic acids is 1. The Morgan fingerprint density at radius 1 is 1.22 bits per heavy atom. The summed E-state index contributed by atoms with van der Waals surface area (Å²) in [7, 11) is 0. The second-order valence-corrected chi connectivity index (χ2v) is 6.27. The summed E-state index contributed by atoms with van der Waals surface area (Å²) in [5, 5.41) is 26.9. The van der Waals surface area contributed by atoms with Crippen LogP contribution in [0.3, 0.4) is 0 Å². The zero-order chi connectivity index (χ0) is 19.4. The first-order valence-corrected chi connectivity index (χ1v) is 8.44. The van der Waals surface area contributed by atoms with Crippen molar-refractivity contribution in [1.82, 2.24) is 10.3 Å². The average Bonchev–Trinajstić information content (AvgIpc) is 3.04. The predicted molar refractivity (Wildman–Crippen MR) is 106 cm³/mol. The van der Waals surface area contributed by atoms with Gasteiger partial charge in [0.25, 0.3) is 5.69 Å². The van der Waals surface area contributed by atoms with Gasteiger partial charge in [-0.3, -0.25) is 10.1 Å². The third kappa shape index (κ3) is 4.39. The van der Waals surface area contributed by atoms with Crippen molar-refractivity contribution in [2.24, 2.45) is 0 Å². The number of hydrogen-bond donors (Lipinski definition) is 4. The molecule has 2 aromatic carbocycles. The van der Waals surface area contributed by atoms with Crippen LogP contribution >= 0.6 is 12.2 Å². The van der Waals surface area contributed by atoms with E-state index in [-0.39, 0.29) is 17.2 Å². The maximum Gasteiger partial charge on any atom is 0.326 e. The predicted octanol–water partition coefficient (Wildman–Crippen LogP) is 3.06. The van der Waals surface area contributed by atoms with Crippen LogP contribution in [0.25, 0.3) is 10.9 Å². The van der Waals surface area contributed by atoms with Gasteiger partial charge in [0.15, 0.2) is 5.11 Å². The fraction of sp³-hybridized carbons (Fsp3) is 0.111. The van der Waals surface area contributed by atoms with Gasteiger partial charge in [-0.25, -0.2) is 4.79 Å². The molecule has 1 heterocycles. The normalized spacial score (nSPS) is 11.7. The van der Waals surface area contributed by atoms with Crippen LogP contribution in [0.1, 0.15) is 5.56 Å². The summed E-state index contributed by atoms with van der Waals surface area (Å²) in [6.07, 6.45) is 2.02. The van der Waals surface area contributed by atoms with Crippen molar-refractivity contribution in [3.8, 4) is 0 Å². The zero-order valence-electron chi connectivity index (χ0n) is 14.0. The van der Waals surface area contributed by atoms with E-state index in [9.17, 15) is 20.0 Å². The Bertz CT molecular complexity index is 1000. The molecule has 0 saturated carbocycles. The van der Waals surface area contributed by atoms with Gasteiger partial charge in [0.1, 0.15) is 6.04 Å². The lowest BCUT2D eigenvalue weighted by molar-refractivity contribution is -0.384. The first-order valence-electron chi connectivity index (χ1n) is 8.04. The van der Waals surface area contributed by atoms with Crippen molar-refractivity contribution in [2.75, 3.05) is 5.32 Å². The third-order valence-electron chi connectivity index (χ3n) is 4.04. The molecule has 0 radical (unpaired) electrons. The molecule has 8 nitrogen and oxygen atoms in total. The largest absolute Gasteiger partial charge is 0.480 e. The number of thiocarbonyl (C=S) groups is 1. The summed E-state index contributed by atoms with van der Waals surface area (Å²) >= 11 is 5.18. The second-order valence-electron chi connectivity index (χ2n) is 5.86. The molecule has 0 amide bonds. The molecular formula is C18H16N4O4S. The third-order valence-corrected chi connectivity index (χ3v) is 4.26. The van der Waals surface area contributed by atoms with E-state index in [0.717, 1.165) is 16.5 Å². The van der Waals surface area contributed by atoms with Crippen LogP contribution in [0.15, 0.2) is 54.7 Å². The SMILES string of the molecule is O=C(O)C(Cc1c[nH]c2ccccc12)NC(=S)Nc1ccc([N+](=O)[O-])cc1. The molecule has 1 atom stereocenters. The first-order chi connectivity index (χ1) is 12.9. The van der Waals surface area contributed by atoms with E-state index >= 15 is 0 Å². The average molecular weight is 384 g/mol. The number of non-ortho nitro benzene ring substituents is 1. The Kier molecular flexibility index (Phi) is 5.32. The standard InChI is InChI=1S/C18H16N4O4S/c23-17(24)16(9-11-10-19-15-4-2-1-3-14(11)15)21-18(27)20-12-5-7-13(8-6-12)22(25)26/h1-8,10,16,19H,9H2,(H,23,24)(H2,20,21,27). The van der Waals surface area contributed by atoms with Gasteiger partial charge in [0.2, 0.25) is 0 Å². The number of nitro groups is 1. The molecule has 3 rings (SSSR count). The number of carboxylic acid groups (broad SMARTS) is 1. The van der Waals surface area contributed by atoms with Crippen LogP contribution in [-0.4, -0.2) is 32.1 Å². The summed E-state index contributed by atoms with van der Waals surface area (Å²) in [6.45, 7) is 0. The van der Waals surface area contributed by atoms with Crippen molar-refractivity contribution in [3.05, 3.63) is 70.4 Å². The number of benzene rings is 2. The second kappa shape index (κ2) is 7.83. The van der Waals surface area contributed by atoms with Crippen molar-refractivity contribution in [2.45, 2.75) is 12.5 Å². The van der Waals surface area contributed by atoms with Crippen LogP contribution in [-0.2, 0) is 11.2 Å². The van der Waals surface area contributed by atoms with Gasteiger partial charge in [0, 0.05) is 41.3 Å². The molecule has 0 bridgehead atoms. The van der Waals surface area contributed by atoms with Gasteiger partial charge >= 0.3 is 5.97 Å². The Hall–Kier alpha value is -3.46. The van der Waals surface area contributed by atoms with Gasteiger partial charge in [0.05, 0.1) is 4.92 Å². The number of nitro benzene ring substituents is 1. The van der Waals surface area contributed by atoms with Crippen molar-refractivity contribution < 1.29 is 14.8 Å². The number of H-pyrrole nitrogens is 1. The number of hydrogen-bond acceptors (Lipinski definition) is 4. The number of nitrogens with one attached hydrogen (secondary N) is 3. The highest BCUT2D eigenvalue weighted by Crippen LogP contribution is 2.19. The summed E-state index contributed by atoms with van der Waals surface area (Å²) in [5.74, 6) is -1.03. The maximum absolute atomic E-state index is 11.6. The van der Waals surface area contributed by atoms with Crippen LogP contribution in [0, 0.1) is 10.1 Å². The lowest BCUT2D eigenvalue weighted by atomic mass is 10.1. The fourth-order valence-corrected chi connectivity index (χ4v) is 2.97. The molecule has 1 unspecified atom stereocenters. The van der Waals surface area contributed by atoms with Crippen LogP contribution in [0.5, 0.6) is 0 Å². The molecule has 0 saturated heterocycles. The van der Waals surface area contributed by atoms with Gasteiger partial charge in [-0.1, -0.05) is 18.2 Å². The molecule has 0 aliphatic carbocycles. The maximum atomic E-state index is 11.6. The van der Waals surface area contributed by atoms with Gasteiger partial charge < -0.3 is 20.7 Å². The Morgan fingerprint density at radius 3 is 2.59 bits per heavy atom. The number of fused-ring (bicyclic) bond motifs is 1. The van der Waals surface area contributed by atoms with Crippen molar-refractivity contribution >= 4 is 45.6 Å². The highest BCUT2D eigenvalue weighted by molar-refractivity contribution is 7.80. The topological polar surface area (TPSA) is 120 Å². The highest BCUT2D eigenvalue weighted by Gasteiger charge is 2.20. The molecule has 138 valence electrons.